The van der Waals surface area contributed by atoms with Gasteiger partial charge in [-0.1, -0.05) is 6.92 Å². The second-order valence-corrected chi connectivity index (χ2v) is 4.10. The van der Waals surface area contributed by atoms with Crippen molar-refractivity contribution < 1.29 is 0 Å². The Hall–Kier alpha value is 0.350. The standard InChI is InChI=1S/C8H15S/c1-2-9-8-6-4-3-5-7-8/h3,8H,2,4-7H2,1H3. The highest BCUT2D eigenvalue weighted by Gasteiger charge is 2.11. The lowest BCUT2D eigenvalue weighted by atomic mass is 10.0. The molecule has 0 aromatic carbocycles. The summed E-state index contributed by atoms with van der Waals surface area (Å²) >= 11 is 2.13. The van der Waals surface area contributed by atoms with Crippen LogP contribution in [0.4, 0.5) is 0 Å². The monoisotopic (exact) mass is 143 g/mol. The molecule has 0 heterocycles. The van der Waals surface area contributed by atoms with E-state index in [4.69, 9.17) is 0 Å². The average molecular weight is 143 g/mol. The second-order valence-electron chi connectivity index (χ2n) is 2.52. The van der Waals surface area contributed by atoms with Crippen LogP contribution in [0.1, 0.15) is 32.6 Å². The third-order valence-corrected chi connectivity index (χ3v) is 3.06. The molecule has 0 aliphatic heterocycles. The Morgan fingerprint density at radius 3 is 2.67 bits per heavy atom. The van der Waals surface area contributed by atoms with Crippen molar-refractivity contribution in [2.75, 3.05) is 5.75 Å². The first-order chi connectivity index (χ1) is 4.43. The zero-order valence-electron chi connectivity index (χ0n) is 6.10. The molecule has 1 heteroatoms. The molecule has 0 aromatic rings. The maximum Gasteiger partial charge on any atom is 0.00471 e. The Morgan fingerprint density at radius 2 is 2.11 bits per heavy atom. The van der Waals surface area contributed by atoms with Crippen molar-refractivity contribution in [3.63, 3.8) is 0 Å². The van der Waals surface area contributed by atoms with E-state index in [0.717, 1.165) is 5.25 Å². The van der Waals surface area contributed by atoms with Crippen LogP contribution in [0.3, 0.4) is 0 Å². The Morgan fingerprint density at radius 1 is 1.44 bits per heavy atom. The van der Waals surface area contributed by atoms with Gasteiger partial charge in [0, 0.05) is 5.25 Å². The minimum absolute atomic E-state index is 0.986. The lowest BCUT2D eigenvalue weighted by Crippen LogP contribution is -2.08. The number of hydrogen-bond acceptors (Lipinski definition) is 1. The predicted octanol–water partition coefficient (Wildman–Crippen LogP) is 2.89. The predicted molar refractivity (Wildman–Crippen MR) is 44.7 cm³/mol. The highest BCUT2D eigenvalue weighted by atomic mass is 32.2. The van der Waals surface area contributed by atoms with Crippen LogP contribution in [-0.2, 0) is 0 Å². The maximum absolute atomic E-state index is 2.42. The topological polar surface area (TPSA) is 0 Å². The van der Waals surface area contributed by atoms with Crippen LogP contribution >= 0.6 is 11.8 Å². The van der Waals surface area contributed by atoms with Crippen molar-refractivity contribution in [3.8, 4) is 0 Å². The first kappa shape index (κ1) is 7.46. The van der Waals surface area contributed by atoms with Crippen LogP contribution in [-0.4, -0.2) is 11.0 Å². The molecule has 1 saturated carbocycles. The molecule has 0 unspecified atom stereocenters. The third kappa shape index (κ3) is 2.61. The average Bonchev–Trinajstić information content (AvgIpc) is 1.91. The van der Waals surface area contributed by atoms with Gasteiger partial charge in [0.15, 0.2) is 0 Å². The minimum atomic E-state index is 0.986. The summed E-state index contributed by atoms with van der Waals surface area (Å²) < 4.78 is 0. The van der Waals surface area contributed by atoms with Gasteiger partial charge in [-0.3, -0.25) is 0 Å². The summed E-state index contributed by atoms with van der Waals surface area (Å²) in [6.45, 7) is 2.25. The second kappa shape index (κ2) is 4.21. The summed E-state index contributed by atoms with van der Waals surface area (Å²) in [4.78, 5) is 0. The highest BCUT2D eigenvalue weighted by molar-refractivity contribution is 7.99. The number of rotatable bonds is 2. The summed E-state index contributed by atoms with van der Waals surface area (Å²) in [6, 6.07) is 0. The lowest BCUT2D eigenvalue weighted by molar-refractivity contribution is 0.608. The Labute approximate surface area is 62.4 Å². The van der Waals surface area contributed by atoms with Gasteiger partial charge in [0.2, 0.25) is 0 Å². The molecule has 9 heavy (non-hydrogen) atoms. The molecule has 0 saturated heterocycles. The molecule has 0 bridgehead atoms. The van der Waals surface area contributed by atoms with Crippen LogP contribution in [0.15, 0.2) is 0 Å². The quantitative estimate of drug-likeness (QED) is 0.573. The SMILES string of the molecule is CCSC1CC[CH]CC1. The molecule has 0 amide bonds. The molecule has 0 aromatic heterocycles. The Balaban J connectivity index is 2.08. The van der Waals surface area contributed by atoms with Gasteiger partial charge < -0.3 is 0 Å². The summed E-state index contributed by atoms with van der Waals surface area (Å²) in [5, 5.41) is 0.986. The van der Waals surface area contributed by atoms with Gasteiger partial charge in [0.05, 0.1) is 0 Å². The maximum atomic E-state index is 2.42. The zero-order chi connectivity index (χ0) is 6.53. The van der Waals surface area contributed by atoms with E-state index in [2.05, 4.69) is 25.1 Å². The summed E-state index contributed by atoms with van der Waals surface area (Å²) in [6.07, 6.45) is 8.00. The minimum Gasteiger partial charge on any atom is -0.159 e. The summed E-state index contributed by atoms with van der Waals surface area (Å²) in [5.41, 5.74) is 0. The van der Waals surface area contributed by atoms with E-state index in [1.807, 2.05) is 0 Å². The van der Waals surface area contributed by atoms with Gasteiger partial charge in [-0.15, -0.1) is 0 Å². The largest absolute Gasteiger partial charge is 0.159 e. The van der Waals surface area contributed by atoms with Gasteiger partial charge >= 0.3 is 0 Å². The fourth-order valence-electron chi connectivity index (χ4n) is 1.30. The zero-order valence-corrected chi connectivity index (χ0v) is 6.91. The van der Waals surface area contributed by atoms with E-state index in [1.165, 1.54) is 31.4 Å². The van der Waals surface area contributed by atoms with E-state index < -0.39 is 0 Å². The normalized spacial score (nSPS) is 22.3. The molecule has 0 nitrogen and oxygen atoms in total. The van der Waals surface area contributed by atoms with Gasteiger partial charge in [-0.25, -0.2) is 0 Å². The van der Waals surface area contributed by atoms with Crippen LogP contribution in [0.5, 0.6) is 0 Å². The van der Waals surface area contributed by atoms with Gasteiger partial charge in [-0.05, 0) is 37.9 Å². The number of thioether (sulfide) groups is 1. The molecule has 1 aliphatic carbocycles. The van der Waals surface area contributed by atoms with Crippen molar-refractivity contribution >= 4 is 11.8 Å². The molecule has 0 atom stereocenters. The first-order valence-electron chi connectivity index (χ1n) is 3.86. The van der Waals surface area contributed by atoms with E-state index in [9.17, 15) is 0 Å². The van der Waals surface area contributed by atoms with E-state index in [1.54, 1.807) is 0 Å². The molecule has 1 aliphatic rings. The van der Waals surface area contributed by atoms with Crippen LogP contribution in [0, 0.1) is 6.42 Å². The van der Waals surface area contributed by atoms with Gasteiger partial charge in [-0.2, -0.15) is 11.8 Å². The summed E-state index contributed by atoms with van der Waals surface area (Å²) in [7, 11) is 0. The first-order valence-corrected chi connectivity index (χ1v) is 4.91. The van der Waals surface area contributed by atoms with Crippen LogP contribution in [0.2, 0.25) is 0 Å². The summed E-state index contributed by atoms with van der Waals surface area (Å²) in [5.74, 6) is 1.30. The third-order valence-electron chi connectivity index (χ3n) is 1.79. The number of hydrogen-bond donors (Lipinski definition) is 0. The highest BCUT2D eigenvalue weighted by Crippen LogP contribution is 2.26. The molecular weight excluding hydrogens is 128 g/mol. The van der Waals surface area contributed by atoms with Crippen molar-refractivity contribution in [2.45, 2.75) is 37.9 Å². The van der Waals surface area contributed by atoms with Crippen LogP contribution < -0.4 is 0 Å². The molecule has 1 radical (unpaired) electrons. The van der Waals surface area contributed by atoms with Gasteiger partial charge in [0.25, 0.3) is 0 Å². The van der Waals surface area contributed by atoms with Crippen LogP contribution in [0.25, 0.3) is 0 Å². The van der Waals surface area contributed by atoms with E-state index >= 15 is 0 Å². The molecule has 1 fully saturated rings. The smallest absolute Gasteiger partial charge is 0.00471 e. The molecular formula is C8H15S. The Bertz CT molecular complexity index is 62.2. The van der Waals surface area contributed by atoms with Crippen molar-refractivity contribution in [2.24, 2.45) is 0 Å². The fourth-order valence-corrected chi connectivity index (χ4v) is 2.38. The van der Waals surface area contributed by atoms with Crippen molar-refractivity contribution in [1.29, 1.82) is 0 Å². The van der Waals surface area contributed by atoms with Crippen molar-refractivity contribution in [3.05, 3.63) is 6.42 Å². The molecule has 0 spiro atoms. The van der Waals surface area contributed by atoms with E-state index in [-0.39, 0.29) is 0 Å². The van der Waals surface area contributed by atoms with E-state index in [0.29, 0.717) is 0 Å². The van der Waals surface area contributed by atoms with Crippen molar-refractivity contribution in [1.82, 2.24) is 0 Å². The molecule has 53 valence electrons. The fraction of sp³-hybridized carbons (Fsp3) is 0.875. The molecule has 0 N–H and O–H groups in total. The molecule has 1 rings (SSSR count). The van der Waals surface area contributed by atoms with Gasteiger partial charge in [0.1, 0.15) is 0 Å². The lowest BCUT2D eigenvalue weighted by Gasteiger charge is -2.19. The Kier molecular flexibility index (Phi) is 3.49.